The zero-order chi connectivity index (χ0) is 22.7. The van der Waals surface area contributed by atoms with Gasteiger partial charge in [0.1, 0.15) is 29.8 Å². The molecule has 170 valence electrons. The van der Waals surface area contributed by atoms with Crippen LogP contribution in [0.5, 0.6) is 5.75 Å². The second-order valence-corrected chi connectivity index (χ2v) is 7.41. The van der Waals surface area contributed by atoms with Crippen LogP contribution < -0.4 is 15.4 Å². The van der Waals surface area contributed by atoms with Crippen molar-refractivity contribution in [2.75, 3.05) is 36.9 Å². The Hall–Kier alpha value is -3.34. The molecule has 4 rings (SSSR count). The molecule has 32 heavy (non-hydrogen) atoms. The van der Waals surface area contributed by atoms with E-state index in [1.165, 1.54) is 18.5 Å². The van der Waals surface area contributed by atoms with Gasteiger partial charge in [0, 0.05) is 31.8 Å². The number of halogens is 3. The number of morpholine rings is 1. The van der Waals surface area contributed by atoms with Crippen molar-refractivity contribution in [3.8, 4) is 5.75 Å². The molecule has 1 aliphatic heterocycles. The van der Waals surface area contributed by atoms with Crippen LogP contribution in [-0.4, -0.2) is 46.1 Å². The lowest BCUT2D eigenvalue weighted by atomic mass is 10.2. The number of nitrogens with two attached hydrogens (primary N) is 1. The van der Waals surface area contributed by atoms with E-state index in [1.807, 2.05) is 13.1 Å². The molecule has 3 aromatic rings. The summed E-state index contributed by atoms with van der Waals surface area (Å²) in [6.45, 7) is 1.97. The van der Waals surface area contributed by atoms with Crippen molar-refractivity contribution in [1.29, 1.82) is 0 Å². The third-order valence-corrected chi connectivity index (χ3v) is 5.18. The molecule has 0 aliphatic carbocycles. The molecule has 2 aromatic heterocycles. The molecule has 1 atom stereocenters. The summed E-state index contributed by atoms with van der Waals surface area (Å²) in [7, 11) is 1.81. The molecule has 1 aliphatic rings. The quantitative estimate of drug-likeness (QED) is 0.620. The van der Waals surface area contributed by atoms with Crippen LogP contribution in [0.15, 0.2) is 42.7 Å². The van der Waals surface area contributed by atoms with Crippen LogP contribution >= 0.6 is 0 Å². The molecule has 2 N–H and O–H groups in total. The van der Waals surface area contributed by atoms with Crippen LogP contribution in [0.2, 0.25) is 0 Å². The summed E-state index contributed by atoms with van der Waals surface area (Å²) in [6, 6.07) is 8.50. The fourth-order valence-electron chi connectivity index (χ4n) is 3.53. The Morgan fingerprint density at radius 3 is 2.84 bits per heavy atom. The lowest BCUT2D eigenvalue weighted by Gasteiger charge is -2.32. The highest BCUT2D eigenvalue weighted by molar-refractivity contribution is 5.46. The lowest BCUT2D eigenvalue weighted by Crippen LogP contribution is -2.39. The zero-order valence-electron chi connectivity index (χ0n) is 17.4. The number of hydrogen-bond acceptors (Lipinski definition) is 7. The number of aromatic nitrogens is 4. The molecule has 0 amide bonds. The van der Waals surface area contributed by atoms with Crippen molar-refractivity contribution < 1.29 is 22.6 Å². The average molecular weight is 448 g/mol. The van der Waals surface area contributed by atoms with Crippen LogP contribution in [0, 0.1) is 0 Å². The highest BCUT2D eigenvalue weighted by atomic mass is 19.4. The van der Waals surface area contributed by atoms with E-state index in [2.05, 4.69) is 20.0 Å². The number of nitrogen functional groups attached to an aromatic ring is 1. The molecular formula is C21H23F3N6O2. The van der Waals surface area contributed by atoms with Crippen molar-refractivity contribution >= 4 is 11.6 Å². The van der Waals surface area contributed by atoms with Crippen molar-refractivity contribution in [3.63, 3.8) is 0 Å². The van der Waals surface area contributed by atoms with Gasteiger partial charge in [-0.05, 0) is 24.3 Å². The first-order chi connectivity index (χ1) is 15.3. The number of alkyl halides is 3. The maximum atomic E-state index is 12.8. The lowest BCUT2D eigenvalue weighted by molar-refractivity contribution is -0.137. The van der Waals surface area contributed by atoms with E-state index in [9.17, 15) is 13.2 Å². The number of aryl methyl sites for hydroxylation is 1. The topological polar surface area (TPSA) is 91.3 Å². The number of anilines is 2. The van der Waals surface area contributed by atoms with Crippen LogP contribution in [-0.2, 0) is 24.4 Å². The van der Waals surface area contributed by atoms with E-state index in [0.29, 0.717) is 31.9 Å². The molecule has 8 nitrogen and oxygen atoms in total. The molecule has 0 spiro atoms. The molecule has 0 radical (unpaired) electrons. The summed E-state index contributed by atoms with van der Waals surface area (Å²) >= 11 is 0. The van der Waals surface area contributed by atoms with Gasteiger partial charge in [-0.2, -0.15) is 18.3 Å². The molecule has 0 saturated carbocycles. The normalized spacial score (nSPS) is 16.9. The highest BCUT2D eigenvalue weighted by Crippen LogP contribution is 2.31. The Labute approximate surface area is 182 Å². The molecule has 3 heterocycles. The summed E-state index contributed by atoms with van der Waals surface area (Å²) in [5.74, 6) is 1.31. The van der Waals surface area contributed by atoms with Gasteiger partial charge in [0.05, 0.1) is 31.0 Å². The Morgan fingerprint density at radius 2 is 2.06 bits per heavy atom. The second-order valence-electron chi connectivity index (χ2n) is 7.41. The number of rotatable bonds is 6. The maximum Gasteiger partial charge on any atom is 0.416 e. The first kappa shape index (κ1) is 21.9. The zero-order valence-corrected chi connectivity index (χ0v) is 17.4. The van der Waals surface area contributed by atoms with E-state index < -0.39 is 11.7 Å². The van der Waals surface area contributed by atoms with E-state index in [0.717, 1.165) is 29.3 Å². The first-order valence-electron chi connectivity index (χ1n) is 10.1. The third-order valence-electron chi connectivity index (χ3n) is 5.18. The summed E-state index contributed by atoms with van der Waals surface area (Å²) in [5.41, 5.74) is 6.69. The largest absolute Gasteiger partial charge is 0.493 e. The van der Waals surface area contributed by atoms with Crippen molar-refractivity contribution in [2.45, 2.75) is 18.7 Å². The van der Waals surface area contributed by atoms with Gasteiger partial charge in [-0.3, -0.25) is 4.68 Å². The van der Waals surface area contributed by atoms with E-state index in [1.54, 1.807) is 10.7 Å². The average Bonchev–Trinajstić information content (AvgIpc) is 3.14. The van der Waals surface area contributed by atoms with E-state index in [-0.39, 0.29) is 18.5 Å². The van der Waals surface area contributed by atoms with Gasteiger partial charge in [-0.25, -0.2) is 9.97 Å². The Morgan fingerprint density at radius 1 is 1.22 bits per heavy atom. The smallest absolute Gasteiger partial charge is 0.416 e. The SMILES string of the molecule is Cn1nc(C2CN(c3cc(N)ncn3)CCO2)cc1CCOc1cccc(C(F)(F)F)c1. The van der Waals surface area contributed by atoms with Crippen LogP contribution in [0.4, 0.5) is 24.8 Å². The van der Waals surface area contributed by atoms with E-state index >= 15 is 0 Å². The molecule has 1 unspecified atom stereocenters. The highest BCUT2D eigenvalue weighted by Gasteiger charge is 2.30. The van der Waals surface area contributed by atoms with Gasteiger partial charge in [0.25, 0.3) is 0 Å². The van der Waals surface area contributed by atoms with Crippen LogP contribution in [0.1, 0.15) is 23.1 Å². The minimum atomic E-state index is -4.40. The number of benzene rings is 1. The minimum absolute atomic E-state index is 0.178. The summed E-state index contributed by atoms with van der Waals surface area (Å²) in [5, 5.41) is 4.56. The Balaban J connectivity index is 1.38. The molecule has 1 aromatic carbocycles. The summed E-state index contributed by atoms with van der Waals surface area (Å²) < 4.78 is 51.7. The minimum Gasteiger partial charge on any atom is -0.493 e. The van der Waals surface area contributed by atoms with Gasteiger partial charge in [-0.1, -0.05) is 6.07 Å². The third kappa shape index (κ3) is 5.10. The molecule has 11 heteroatoms. The van der Waals surface area contributed by atoms with Crippen molar-refractivity contribution in [2.24, 2.45) is 7.05 Å². The van der Waals surface area contributed by atoms with Crippen LogP contribution in [0.25, 0.3) is 0 Å². The Kier molecular flexibility index (Phi) is 6.17. The standard InChI is InChI=1S/C21H23F3N6O2/c1-29-15(5-7-31-16-4-2-3-14(9-16)21(22,23)24)10-17(28-29)18-12-30(6-8-32-18)20-11-19(25)26-13-27-20/h2-4,9-11,13,18H,5-8,12H2,1H3,(H2,25,26,27). The molecule has 1 fully saturated rings. The molecule has 0 bridgehead atoms. The fraction of sp³-hybridized carbons (Fsp3) is 0.381. The van der Waals surface area contributed by atoms with Gasteiger partial charge >= 0.3 is 6.18 Å². The predicted molar refractivity (Wildman–Crippen MR) is 111 cm³/mol. The summed E-state index contributed by atoms with van der Waals surface area (Å²) in [6.07, 6.45) is -2.73. The predicted octanol–water partition coefficient (Wildman–Crippen LogP) is 3.01. The van der Waals surface area contributed by atoms with Crippen molar-refractivity contribution in [3.05, 3.63) is 59.7 Å². The van der Waals surface area contributed by atoms with Gasteiger partial charge < -0.3 is 20.1 Å². The molecule has 1 saturated heterocycles. The van der Waals surface area contributed by atoms with Crippen molar-refractivity contribution in [1.82, 2.24) is 19.7 Å². The number of ether oxygens (including phenoxy) is 2. The first-order valence-corrected chi connectivity index (χ1v) is 10.1. The number of hydrogen-bond donors (Lipinski definition) is 1. The molecular weight excluding hydrogens is 425 g/mol. The van der Waals surface area contributed by atoms with Gasteiger partial charge in [-0.15, -0.1) is 0 Å². The van der Waals surface area contributed by atoms with Gasteiger partial charge in [0.15, 0.2) is 0 Å². The Bertz CT molecular complexity index is 1070. The monoisotopic (exact) mass is 448 g/mol. The summed E-state index contributed by atoms with van der Waals surface area (Å²) in [4.78, 5) is 10.3. The van der Waals surface area contributed by atoms with E-state index in [4.69, 9.17) is 15.2 Å². The second kappa shape index (κ2) is 9.03. The van der Waals surface area contributed by atoms with Gasteiger partial charge in [0.2, 0.25) is 0 Å². The maximum absolute atomic E-state index is 12.8. The number of nitrogens with zero attached hydrogens (tertiary/aromatic N) is 5. The fourth-order valence-corrected chi connectivity index (χ4v) is 3.53. The van der Waals surface area contributed by atoms with Crippen LogP contribution in [0.3, 0.4) is 0 Å².